The largest absolute Gasteiger partial charge is 0.383 e. The van der Waals surface area contributed by atoms with Gasteiger partial charge in [-0.25, -0.2) is 4.98 Å². The van der Waals surface area contributed by atoms with Crippen LogP contribution in [0.3, 0.4) is 0 Å². The van der Waals surface area contributed by atoms with Crippen molar-refractivity contribution >= 4 is 21.7 Å². The minimum absolute atomic E-state index is 0.262. The Labute approximate surface area is 117 Å². The smallest absolute Gasteiger partial charge is 0.129 e. The number of hydrogen-bond donors (Lipinski definition) is 0. The lowest BCUT2D eigenvalue weighted by Gasteiger charge is -2.30. The lowest BCUT2D eigenvalue weighted by molar-refractivity contribution is 0.170. The maximum Gasteiger partial charge on any atom is 0.129 e. The molecule has 1 rings (SSSR count). The summed E-state index contributed by atoms with van der Waals surface area (Å²) in [5.41, 5.74) is 1.17. The highest BCUT2D eigenvalue weighted by Crippen LogP contribution is 2.21. The van der Waals surface area contributed by atoms with E-state index in [9.17, 15) is 0 Å². The van der Waals surface area contributed by atoms with Gasteiger partial charge in [-0.05, 0) is 41.4 Å². The fraction of sp³-hybridized carbons (Fsp3) is 0.615. The second-order valence-electron chi connectivity index (χ2n) is 4.28. The highest BCUT2D eigenvalue weighted by atomic mass is 79.9. The monoisotopic (exact) mass is 316 g/mol. The van der Waals surface area contributed by atoms with E-state index in [2.05, 4.69) is 45.7 Å². The van der Waals surface area contributed by atoms with Crippen molar-refractivity contribution in [2.75, 3.05) is 38.9 Å². The van der Waals surface area contributed by atoms with Crippen molar-refractivity contribution in [1.82, 2.24) is 4.98 Å². The SMILES string of the molecule is COCCN(c1cc(C)c(Br)cn1)C(C)COC. The van der Waals surface area contributed by atoms with Crippen LogP contribution in [0.1, 0.15) is 12.5 Å². The van der Waals surface area contributed by atoms with Crippen molar-refractivity contribution in [2.45, 2.75) is 19.9 Å². The number of halogens is 1. The van der Waals surface area contributed by atoms with E-state index in [4.69, 9.17) is 9.47 Å². The Hall–Kier alpha value is -0.650. The highest BCUT2D eigenvalue weighted by molar-refractivity contribution is 9.10. The average molecular weight is 317 g/mol. The number of hydrogen-bond acceptors (Lipinski definition) is 4. The van der Waals surface area contributed by atoms with Crippen molar-refractivity contribution in [1.29, 1.82) is 0 Å². The zero-order valence-corrected chi connectivity index (χ0v) is 13.0. The van der Waals surface area contributed by atoms with Gasteiger partial charge in [0.25, 0.3) is 0 Å². The lowest BCUT2D eigenvalue weighted by atomic mass is 10.2. The quantitative estimate of drug-likeness (QED) is 0.774. The van der Waals surface area contributed by atoms with Crippen molar-refractivity contribution in [3.8, 4) is 0 Å². The molecule has 0 aliphatic heterocycles. The van der Waals surface area contributed by atoms with Crippen LogP contribution in [0.5, 0.6) is 0 Å². The summed E-state index contributed by atoms with van der Waals surface area (Å²) < 4.78 is 11.4. The third-order valence-electron chi connectivity index (χ3n) is 2.80. The molecule has 1 atom stereocenters. The number of aromatic nitrogens is 1. The molecule has 1 unspecified atom stereocenters. The Bertz CT molecular complexity index is 374. The Morgan fingerprint density at radius 2 is 2.11 bits per heavy atom. The summed E-state index contributed by atoms with van der Waals surface area (Å²) in [6.45, 7) is 6.32. The molecule has 0 aliphatic carbocycles. The molecule has 0 aliphatic rings. The van der Waals surface area contributed by atoms with Crippen molar-refractivity contribution in [3.05, 3.63) is 22.3 Å². The van der Waals surface area contributed by atoms with Crippen LogP contribution in [0, 0.1) is 6.92 Å². The first-order valence-electron chi connectivity index (χ1n) is 5.96. The molecule has 0 bridgehead atoms. The van der Waals surface area contributed by atoms with Gasteiger partial charge in [0.2, 0.25) is 0 Å². The number of pyridine rings is 1. The van der Waals surface area contributed by atoms with Crippen LogP contribution in [-0.4, -0.2) is 45.0 Å². The van der Waals surface area contributed by atoms with Gasteiger partial charge in [-0.3, -0.25) is 0 Å². The molecule has 0 fully saturated rings. The molecule has 0 spiro atoms. The third kappa shape index (κ3) is 4.23. The van der Waals surface area contributed by atoms with Gasteiger partial charge in [-0.2, -0.15) is 0 Å². The molecule has 1 aromatic heterocycles. The van der Waals surface area contributed by atoms with Crippen LogP contribution < -0.4 is 4.90 Å². The van der Waals surface area contributed by atoms with E-state index in [-0.39, 0.29) is 6.04 Å². The molecule has 1 aromatic rings. The normalized spacial score (nSPS) is 12.5. The molecule has 0 radical (unpaired) electrons. The first-order chi connectivity index (χ1) is 8.60. The molecule has 102 valence electrons. The summed E-state index contributed by atoms with van der Waals surface area (Å²) in [4.78, 5) is 6.66. The average Bonchev–Trinajstić information content (AvgIpc) is 2.34. The summed E-state index contributed by atoms with van der Waals surface area (Å²) in [7, 11) is 3.42. The van der Waals surface area contributed by atoms with E-state index < -0.39 is 0 Å². The predicted molar refractivity (Wildman–Crippen MR) is 77.2 cm³/mol. The van der Waals surface area contributed by atoms with E-state index in [1.165, 1.54) is 5.56 Å². The molecule has 0 saturated heterocycles. The molecule has 0 amide bonds. The van der Waals surface area contributed by atoms with Crippen LogP contribution >= 0.6 is 15.9 Å². The molecular weight excluding hydrogens is 296 g/mol. The van der Waals surface area contributed by atoms with Gasteiger partial charge in [0, 0.05) is 31.4 Å². The van der Waals surface area contributed by atoms with Gasteiger partial charge in [0.1, 0.15) is 5.82 Å². The standard InChI is InChI=1S/C13H21BrN2O2/c1-10-7-13(15-8-12(10)14)16(5-6-17-3)11(2)9-18-4/h7-8,11H,5-6,9H2,1-4H3. The number of aryl methyl sites for hydroxylation is 1. The number of rotatable bonds is 7. The first kappa shape index (κ1) is 15.4. The second kappa shape index (κ2) is 7.71. The Morgan fingerprint density at radius 3 is 2.67 bits per heavy atom. The molecule has 1 heterocycles. The van der Waals surface area contributed by atoms with Crippen LogP contribution in [-0.2, 0) is 9.47 Å². The van der Waals surface area contributed by atoms with E-state index in [1.54, 1.807) is 14.2 Å². The van der Waals surface area contributed by atoms with Gasteiger partial charge >= 0.3 is 0 Å². The Kier molecular flexibility index (Phi) is 6.60. The summed E-state index contributed by atoms with van der Waals surface area (Å²) in [6, 6.07) is 2.34. The van der Waals surface area contributed by atoms with Gasteiger partial charge in [0.05, 0.1) is 19.3 Å². The molecule has 4 nitrogen and oxygen atoms in total. The fourth-order valence-corrected chi connectivity index (χ4v) is 1.98. The predicted octanol–water partition coefficient (Wildman–Crippen LogP) is 2.64. The van der Waals surface area contributed by atoms with Crippen LogP contribution in [0.25, 0.3) is 0 Å². The van der Waals surface area contributed by atoms with Gasteiger partial charge in [0.15, 0.2) is 0 Å². The van der Waals surface area contributed by atoms with E-state index in [1.807, 2.05) is 6.20 Å². The highest BCUT2D eigenvalue weighted by Gasteiger charge is 2.16. The number of methoxy groups -OCH3 is 2. The third-order valence-corrected chi connectivity index (χ3v) is 3.63. The van der Waals surface area contributed by atoms with E-state index in [0.29, 0.717) is 13.2 Å². The van der Waals surface area contributed by atoms with Crippen molar-refractivity contribution in [2.24, 2.45) is 0 Å². The first-order valence-corrected chi connectivity index (χ1v) is 6.76. The van der Waals surface area contributed by atoms with E-state index in [0.717, 1.165) is 16.8 Å². The topological polar surface area (TPSA) is 34.6 Å². The minimum Gasteiger partial charge on any atom is -0.383 e. The zero-order chi connectivity index (χ0) is 13.5. The van der Waals surface area contributed by atoms with Crippen molar-refractivity contribution in [3.63, 3.8) is 0 Å². The maximum absolute atomic E-state index is 5.22. The molecule has 0 saturated carbocycles. The number of nitrogens with zero attached hydrogens (tertiary/aromatic N) is 2. The van der Waals surface area contributed by atoms with Crippen LogP contribution in [0.4, 0.5) is 5.82 Å². The summed E-state index contributed by atoms with van der Waals surface area (Å²) in [6.07, 6.45) is 1.84. The summed E-state index contributed by atoms with van der Waals surface area (Å²) in [5, 5.41) is 0. The van der Waals surface area contributed by atoms with Crippen LogP contribution in [0.2, 0.25) is 0 Å². The molecule has 0 N–H and O–H groups in total. The molecule has 18 heavy (non-hydrogen) atoms. The summed E-state index contributed by atoms with van der Waals surface area (Å²) >= 11 is 3.47. The molecule has 0 aromatic carbocycles. The molecule has 5 heteroatoms. The number of ether oxygens (including phenoxy) is 2. The second-order valence-corrected chi connectivity index (χ2v) is 5.14. The van der Waals surface area contributed by atoms with Gasteiger partial charge in [-0.15, -0.1) is 0 Å². The lowest BCUT2D eigenvalue weighted by Crippen LogP contribution is -2.39. The van der Waals surface area contributed by atoms with Crippen LogP contribution in [0.15, 0.2) is 16.7 Å². The van der Waals surface area contributed by atoms with E-state index >= 15 is 0 Å². The Morgan fingerprint density at radius 1 is 1.39 bits per heavy atom. The molecular formula is C13H21BrN2O2. The minimum atomic E-state index is 0.262. The fourth-order valence-electron chi connectivity index (χ4n) is 1.76. The van der Waals surface area contributed by atoms with Crippen molar-refractivity contribution < 1.29 is 9.47 Å². The van der Waals surface area contributed by atoms with Gasteiger partial charge < -0.3 is 14.4 Å². The maximum atomic E-state index is 5.22. The zero-order valence-electron chi connectivity index (χ0n) is 11.4. The summed E-state index contributed by atoms with van der Waals surface area (Å²) in [5.74, 6) is 0.956. The number of anilines is 1. The van der Waals surface area contributed by atoms with Gasteiger partial charge in [-0.1, -0.05) is 0 Å². The Balaban J connectivity index is 2.89.